The lowest BCUT2D eigenvalue weighted by Crippen LogP contribution is -2.22. The first-order valence-corrected chi connectivity index (χ1v) is 8.55. The van der Waals surface area contributed by atoms with E-state index in [2.05, 4.69) is 10.3 Å². The van der Waals surface area contributed by atoms with Crippen LogP contribution < -0.4 is 10.9 Å². The third-order valence-electron chi connectivity index (χ3n) is 4.14. The molecule has 0 saturated carbocycles. The minimum absolute atomic E-state index is 0.164. The molecule has 6 nitrogen and oxygen atoms in total. The summed E-state index contributed by atoms with van der Waals surface area (Å²) < 4.78 is 6.58. The summed E-state index contributed by atoms with van der Waals surface area (Å²) in [6.07, 6.45) is 1.41. The topological polar surface area (TPSA) is 77.1 Å². The third-order valence-corrected chi connectivity index (χ3v) is 4.47. The Morgan fingerprint density at radius 2 is 1.96 bits per heavy atom. The number of fused-ring (bicyclic) bond motifs is 1. The second-order valence-electron chi connectivity index (χ2n) is 5.91. The van der Waals surface area contributed by atoms with Crippen LogP contribution in [0.25, 0.3) is 16.6 Å². The molecule has 0 radical (unpaired) electrons. The average molecular weight is 380 g/mol. The van der Waals surface area contributed by atoms with E-state index in [4.69, 9.17) is 16.0 Å². The van der Waals surface area contributed by atoms with E-state index in [9.17, 15) is 9.59 Å². The number of hydrogen-bond acceptors (Lipinski definition) is 4. The van der Waals surface area contributed by atoms with Gasteiger partial charge in [0.2, 0.25) is 0 Å². The van der Waals surface area contributed by atoms with E-state index in [1.165, 1.54) is 10.8 Å². The molecule has 134 valence electrons. The molecule has 0 aliphatic carbocycles. The number of halogens is 1. The summed E-state index contributed by atoms with van der Waals surface area (Å²) in [5, 5.41) is 3.56. The Morgan fingerprint density at radius 1 is 1.15 bits per heavy atom. The molecule has 4 aromatic rings. The Hall–Kier alpha value is -3.38. The smallest absolute Gasteiger partial charge is 0.291 e. The molecular formula is C20H14ClN3O3. The molecule has 0 aliphatic heterocycles. The fourth-order valence-electron chi connectivity index (χ4n) is 2.89. The molecule has 2 aromatic carbocycles. The molecule has 0 spiro atoms. The lowest BCUT2D eigenvalue weighted by Gasteiger charge is -2.13. The van der Waals surface area contributed by atoms with Crippen molar-refractivity contribution in [3.8, 4) is 5.69 Å². The minimum Gasteiger partial charge on any atom is -0.459 e. The van der Waals surface area contributed by atoms with Gasteiger partial charge in [0.1, 0.15) is 5.82 Å². The molecule has 7 heteroatoms. The number of furan rings is 1. The zero-order valence-electron chi connectivity index (χ0n) is 14.3. The number of rotatable bonds is 3. The summed E-state index contributed by atoms with van der Waals surface area (Å²) in [7, 11) is 0. The van der Waals surface area contributed by atoms with Crippen LogP contribution in [-0.2, 0) is 0 Å². The van der Waals surface area contributed by atoms with Gasteiger partial charge >= 0.3 is 0 Å². The standard InChI is InChI=1S/C20H14ClN3O3/c1-12-22-16-6-3-2-5-14(16)20(26)24(12)13-8-9-15(21)17(11-13)23-19(25)18-7-4-10-27-18/h2-11H,1H3,(H,23,25). The first-order valence-electron chi connectivity index (χ1n) is 8.18. The van der Waals surface area contributed by atoms with Gasteiger partial charge in [-0.25, -0.2) is 4.98 Å². The van der Waals surface area contributed by atoms with Gasteiger partial charge in [-0.3, -0.25) is 14.2 Å². The van der Waals surface area contributed by atoms with Crippen LogP contribution in [0.3, 0.4) is 0 Å². The van der Waals surface area contributed by atoms with Gasteiger partial charge in [0.05, 0.1) is 33.6 Å². The first kappa shape index (κ1) is 17.1. The van der Waals surface area contributed by atoms with E-state index in [1.54, 1.807) is 55.5 Å². The van der Waals surface area contributed by atoms with Crippen LogP contribution in [0.5, 0.6) is 0 Å². The quantitative estimate of drug-likeness (QED) is 0.579. The van der Waals surface area contributed by atoms with Crippen LogP contribution in [0.4, 0.5) is 5.69 Å². The molecule has 0 unspecified atom stereocenters. The number of carbonyl (C=O) groups excluding carboxylic acids is 1. The molecule has 0 fully saturated rings. The minimum atomic E-state index is -0.431. The zero-order chi connectivity index (χ0) is 19.0. The SMILES string of the molecule is Cc1nc2ccccc2c(=O)n1-c1ccc(Cl)c(NC(=O)c2ccco2)c1. The van der Waals surface area contributed by atoms with Crippen molar-refractivity contribution in [2.75, 3.05) is 5.32 Å². The number of para-hydroxylation sites is 1. The van der Waals surface area contributed by atoms with Crippen molar-refractivity contribution in [2.24, 2.45) is 0 Å². The van der Waals surface area contributed by atoms with Gasteiger partial charge in [-0.2, -0.15) is 0 Å². The predicted octanol–water partition coefficient (Wildman–Crippen LogP) is 4.19. The number of amides is 1. The number of hydrogen-bond donors (Lipinski definition) is 1. The highest BCUT2D eigenvalue weighted by atomic mass is 35.5. The number of benzene rings is 2. The number of carbonyl (C=O) groups is 1. The summed E-state index contributed by atoms with van der Waals surface area (Å²) in [4.78, 5) is 29.7. The van der Waals surface area contributed by atoms with E-state index >= 15 is 0 Å². The molecule has 2 heterocycles. The van der Waals surface area contributed by atoms with Crippen molar-refractivity contribution in [1.82, 2.24) is 9.55 Å². The van der Waals surface area contributed by atoms with E-state index in [1.807, 2.05) is 6.07 Å². The summed E-state index contributed by atoms with van der Waals surface area (Å²) in [5.41, 5.74) is 1.37. The molecule has 0 aliphatic rings. The molecule has 4 rings (SSSR count). The predicted molar refractivity (Wildman–Crippen MR) is 104 cm³/mol. The molecule has 0 bridgehead atoms. The molecule has 0 saturated heterocycles. The average Bonchev–Trinajstić information content (AvgIpc) is 3.19. The van der Waals surface area contributed by atoms with Gasteiger partial charge in [-0.15, -0.1) is 0 Å². The van der Waals surface area contributed by atoms with Crippen molar-refractivity contribution in [1.29, 1.82) is 0 Å². The van der Waals surface area contributed by atoms with E-state index in [0.717, 1.165) is 0 Å². The zero-order valence-corrected chi connectivity index (χ0v) is 15.0. The molecule has 27 heavy (non-hydrogen) atoms. The largest absolute Gasteiger partial charge is 0.459 e. The number of aromatic nitrogens is 2. The molecule has 1 N–H and O–H groups in total. The fourth-order valence-corrected chi connectivity index (χ4v) is 3.05. The van der Waals surface area contributed by atoms with Crippen LogP contribution in [0.2, 0.25) is 5.02 Å². The van der Waals surface area contributed by atoms with Crippen molar-refractivity contribution >= 4 is 34.1 Å². The highest BCUT2D eigenvalue weighted by Gasteiger charge is 2.14. The van der Waals surface area contributed by atoms with Crippen LogP contribution in [0.1, 0.15) is 16.4 Å². The van der Waals surface area contributed by atoms with Gasteiger partial charge in [0.15, 0.2) is 5.76 Å². The number of nitrogens with zero attached hydrogens (tertiary/aromatic N) is 2. The first-order chi connectivity index (χ1) is 13.0. The van der Waals surface area contributed by atoms with Crippen molar-refractivity contribution in [3.05, 3.63) is 87.8 Å². The number of aryl methyl sites for hydroxylation is 1. The van der Waals surface area contributed by atoms with Crippen molar-refractivity contribution in [3.63, 3.8) is 0 Å². The molecule has 2 aromatic heterocycles. The van der Waals surface area contributed by atoms with E-state index in [-0.39, 0.29) is 11.3 Å². The van der Waals surface area contributed by atoms with Crippen LogP contribution >= 0.6 is 11.6 Å². The summed E-state index contributed by atoms with van der Waals surface area (Å²) >= 11 is 6.22. The van der Waals surface area contributed by atoms with Crippen molar-refractivity contribution < 1.29 is 9.21 Å². The Kier molecular flexibility index (Phi) is 4.25. The van der Waals surface area contributed by atoms with Gasteiger partial charge in [-0.1, -0.05) is 23.7 Å². The fraction of sp³-hybridized carbons (Fsp3) is 0.0500. The maximum atomic E-state index is 12.9. The van der Waals surface area contributed by atoms with Crippen LogP contribution in [0, 0.1) is 6.92 Å². The third kappa shape index (κ3) is 3.11. The van der Waals surface area contributed by atoms with E-state index < -0.39 is 5.91 Å². The van der Waals surface area contributed by atoms with E-state index in [0.29, 0.717) is 33.1 Å². The highest BCUT2D eigenvalue weighted by Crippen LogP contribution is 2.26. The van der Waals surface area contributed by atoms with Crippen molar-refractivity contribution in [2.45, 2.75) is 6.92 Å². The Balaban J connectivity index is 1.81. The van der Waals surface area contributed by atoms with Gasteiger partial charge in [0, 0.05) is 0 Å². The second-order valence-corrected chi connectivity index (χ2v) is 6.32. The van der Waals surface area contributed by atoms with Crippen LogP contribution in [0.15, 0.2) is 70.1 Å². The lowest BCUT2D eigenvalue weighted by atomic mass is 10.2. The Bertz CT molecular complexity index is 1210. The summed E-state index contributed by atoms with van der Waals surface area (Å²) in [6, 6.07) is 15.3. The highest BCUT2D eigenvalue weighted by molar-refractivity contribution is 6.34. The maximum absolute atomic E-state index is 12.9. The summed E-state index contributed by atoms with van der Waals surface area (Å²) in [5.74, 6) is 0.265. The Labute approximate surface area is 159 Å². The van der Waals surface area contributed by atoms with Gasteiger partial charge < -0.3 is 9.73 Å². The molecular weight excluding hydrogens is 366 g/mol. The maximum Gasteiger partial charge on any atom is 0.291 e. The Morgan fingerprint density at radius 3 is 2.74 bits per heavy atom. The summed E-state index contributed by atoms with van der Waals surface area (Å²) in [6.45, 7) is 1.75. The van der Waals surface area contributed by atoms with Gasteiger partial charge in [-0.05, 0) is 49.4 Å². The molecule has 1 amide bonds. The number of anilines is 1. The second kappa shape index (κ2) is 6.74. The lowest BCUT2D eigenvalue weighted by molar-refractivity contribution is 0.0996. The monoisotopic (exact) mass is 379 g/mol. The van der Waals surface area contributed by atoms with Gasteiger partial charge in [0.25, 0.3) is 11.5 Å². The molecule has 0 atom stereocenters. The number of nitrogens with one attached hydrogen (secondary N) is 1. The van der Waals surface area contributed by atoms with Crippen LogP contribution in [-0.4, -0.2) is 15.5 Å². The normalized spacial score (nSPS) is 10.9.